The van der Waals surface area contributed by atoms with Crippen molar-refractivity contribution in [3.63, 3.8) is 0 Å². The van der Waals surface area contributed by atoms with Gasteiger partial charge in [0, 0.05) is 17.0 Å². The lowest BCUT2D eigenvalue weighted by Crippen LogP contribution is -2.09. The summed E-state index contributed by atoms with van der Waals surface area (Å²) in [5.41, 5.74) is 2.78. The molecule has 0 amide bonds. The van der Waals surface area contributed by atoms with Crippen LogP contribution >= 0.6 is 0 Å². The molecule has 0 atom stereocenters. The molecule has 0 unspecified atom stereocenters. The Labute approximate surface area is 167 Å². The fraction of sp³-hybridized carbons (Fsp3) is 0.174. The van der Waals surface area contributed by atoms with Gasteiger partial charge in [0.2, 0.25) is 0 Å². The summed E-state index contributed by atoms with van der Waals surface area (Å²) < 4.78 is 15.8. The Balaban J connectivity index is 1.86. The van der Waals surface area contributed by atoms with E-state index in [2.05, 4.69) is 0 Å². The van der Waals surface area contributed by atoms with Crippen molar-refractivity contribution in [3.8, 4) is 11.8 Å². The number of methoxy groups -OCH3 is 1. The van der Waals surface area contributed by atoms with E-state index in [0.29, 0.717) is 27.8 Å². The zero-order valence-corrected chi connectivity index (χ0v) is 16.3. The van der Waals surface area contributed by atoms with Gasteiger partial charge in [-0.1, -0.05) is 24.3 Å². The highest BCUT2D eigenvalue weighted by atomic mass is 16.5. The van der Waals surface area contributed by atoms with E-state index in [1.807, 2.05) is 32.0 Å². The number of hydrogen-bond acceptors (Lipinski definition) is 6. The molecule has 0 bridgehead atoms. The second-order valence-electron chi connectivity index (χ2n) is 6.50. The number of nitrogens with zero attached hydrogens (tertiary/aromatic N) is 1. The first-order valence-electron chi connectivity index (χ1n) is 8.89. The minimum Gasteiger partial charge on any atom is -0.497 e. The quantitative estimate of drug-likeness (QED) is 0.283. The third kappa shape index (κ3) is 4.36. The van der Waals surface area contributed by atoms with Gasteiger partial charge in [0.15, 0.2) is 0 Å². The van der Waals surface area contributed by atoms with Crippen LogP contribution in [-0.2, 0) is 16.1 Å². The number of fused-ring (bicyclic) bond motifs is 1. The van der Waals surface area contributed by atoms with E-state index in [-0.39, 0.29) is 12.2 Å². The zero-order valence-electron chi connectivity index (χ0n) is 16.3. The summed E-state index contributed by atoms with van der Waals surface area (Å²) in [6, 6.07) is 13.8. The molecular formula is C23H19NO5. The van der Waals surface area contributed by atoms with Crippen LogP contribution in [-0.4, -0.2) is 13.1 Å². The number of ether oxygens (including phenoxy) is 2. The molecule has 0 saturated carbocycles. The molecule has 6 heteroatoms. The third-order valence-electron chi connectivity index (χ3n) is 4.62. The van der Waals surface area contributed by atoms with Gasteiger partial charge >= 0.3 is 11.6 Å². The topological polar surface area (TPSA) is 89.5 Å². The summed E-state index contributed by atoms with van der Waals surface area (Å²) in [4.78, 5) is 24.3. The Morgan fingerprint density at radius 2 is 2.00 bits per heavy atom. The zero-order chi connectivity index (χ0) is 21.0. The molecule has 0 radical (unpaired) electrons. The highest BCUT2D eigenvalue weighted by Crippen LogP contribution is 2.24. The van der Waals surface area contributed by atoms with Gasteiger partial charge in [0.05, 0.1) is 7.11 Å². The number of carbonyl (C=O) groups is 1. The molecule has 6 nitrogen and oxygen atoms in total. The van der Waals surface area contributed by atoms with Crippen LogP contribution in [0.5, 0.6) is 5.75 Å². The molecule has 2 aromatic carbocycles. The normalized spacial score (nSPS) is 11.2. The first-order valence-corrected chi connectivity index (χ1v) is 8.89. The Morgan fingerprint density at radius 1 is 1.21 bits per heavy atom. The lowest BCUT2D eigenvalue weighted by molar-refractivity contribution is -0.139. The number of rotatable bonds is 5. The molecule has 29 heavy (non-hydrogen) atoms. The van der Waals surface area contributed by atoms with Crippen LogP contribution in [0.15, 0.2) is 57.2 Å². The highest BCUT2D eigenvalue weighted by molar-refractivity contribution is 5.98. The summed E-state index contributed by atoms with van der Waals surface area (Å²) in [6.45, 7) is 3.63. The van der Waals surface area contributed by atoms with Gasteiger partial charge in [-0.25, -0.2) is 9.59 Å². The molecule has 1 heterocycles. The van der Waals surface area contributed by atoms with Crippen LogP contribution in [0.4, 0.5) is 0 Å². The largest absolute Gasteiger partial charge is 0.497 e. The summed E-state index contributed by atoms with van der Waals surface area (Å²) in [6.07, 6.45) is 1.43. The Morgan fingerprint density at radius 3 is 2.72 bits per heavy atom. The van der Waals surface area contributed by atoms with Crippen molar-refractivity contribution < 1.29 is 18.7 Å². The molecule has 0 spiro atoms. The summed E-state index contributed by atoms with van der Waals surface area (Å²) in [7, 11) is 1.53. The number of esters is 1. The predicted molar refractivity (Wildman–Crippen MR) is 108 cm³/mol. The van der Waals surface area contributed by atoms with Gasteiger partial charge in [-0.05, 0) is 48.7 Å². The molecule has 0 N–H and O–H groups in total. The van der Waals surface area contributed by atoms with E-state index in [4.69, 9.17) is 13.9 Å². The number of benzene rings is 2. The fourth-order valence-electron chi connectivity index (χ4n) is 2.90. The highest BCUT2D eigenvalue weighted by Gasteiger charge is 2.14. The Bertz CT molecular complexity index is 1210. The summed E-state index contributed by atoms with van der Waals surface area (Å²) in [5.74, 6) is -0.168. The summed E-state index contributed by atoms with van der Waals surface area (Å²) in [5, 5.41) is 10.0. The average molecular weight is 389 g/mol. The Hall–Kier alpha value is -3.85. The van der Waals surface area contributed by atoms with Crippen LogP contribution in [0.25, 0.3) is 17.0 Å². The summed E-state index contributed by atoms with van der Waals surface area (Å²) >= 11 is 0. The van der Waals surface area contributed by atoms with Gasteiger partial charge in [0.1, 0.15) is 29.6 Å². The van der Waals surface area contributed by atoms with Crippen molar-refractivity contribution in [2.24, 2.45) is 0 Å². The maximum atomic E-state index is 12.4. The number of nitriles is 1. The molecule has 1 aromatic heterocycles. The number of aryl methyl sites for hydroxylation is 2. The van der Waals surface area contributed by atoms with Crippen LogP contribution in [0.3, 0.4) is 0 Å². The number of hydrogen-bond donors (Lipinski definition) is 0. The van der Waals surface area contributed by atoms with Crippen molar-refractivity contribution in [1.29, 1.82) is 5.26 Å². The van der Waals surface area contributed by atoms with Crippen molar-refractivity contribution >= 4 is 23.0 Å². The van der Waals surface area contributed by atoms with E-state index in [1.54, 1.807) is 24.3 Å². The third-order valence-corrected chi connectivity index (χ3v) is 4.62. The second kappa shape index (κ2) is 8.44. The second-order valence-corrected chi connectivity index (χ2v) is 6.50. The molecule has 0 aliphatic rings. The first kappa shape index (κ1) is 19.9. The SMILES string of the molecule is COc1cccc(/C=C(\C#N)C(=O)OCc2cc(=O)oc3c(C)c(C)ccc23)c1. The monoisotopic (exact) mass is 389 g/mol. The van der Waals surface area contributed by atoms with Gasteiger partial charge in [-0.15, -0.1) is 0 Å². The maximum Gasteiger partial charge on any atom is 0.349 e. The van der Waals surface area contributed by atoms with Crippen molar-refractivity contribution in [2.45, 2.75) is 20.5 Å². The van der Waals surface area contributed by atoms with Crippen LogP contribution in [0.2, 0.25) is 0 Å². The van der Waals surface area contributed by atoms with Gasteiger partial charge < -0.3 is 13.9 Å². The Kier molecular flexibility index (Phi) is 5.79. The van der Waals surface area contributed by atoms with E-state index < -0.39 is 11.6 Å². The molecule has 0 aliphatic heterocycles. The maximum absolute atomic E-state index is 12.4. The molecule has 0 aliphatic carbocycles. The van der Waals surface area contributed by atoms with Crippen molar-refractivity contribution in [1.82, 2.24) is 0 Å². The van der Waals surface area contributed by atoms with Crippen molar-refractivity contribution in [2.75, 3.05) is 7.11 Å². The molecule has 146 valence electrons. The van der Waals surface area contributed by atoms with Crippen molar-refractivity contribution in [3.05, 3.63) is 80.7 Å². The number of carbonyl (C=O) groups excluding carboxylic acids is 1. The fourth-order valence-corrected chi connectivity index (χ4v) is 2.90. The van der Waals surface area contributed by atoms with E-state index in [1.165, 1.54) is 19.3 Å². The molecule has 0 saturated heterocycles. The van der Waals surface area contributed by atoms with Gasteiger partial charge in [-0.2, -0.15) is 5.26 Å². The lowest BCUT2D eigenvalue weighted by Gasteiger charge is -2.09. The van der Waals surface area contributed by atoms with E-state index >= 15 is 0 Å². The molecule has 0 fully saturated rings. The van der Waals surface area contributed by atoms with Crippen LogP contribution in [0.1, 0.15) is 22.3 Å². The van der Waals surface area contributed by atoms with Gasteiger partial charge in [0.25, 0.3) is 0 Å². The van der Waals surface area contributed by atoms with E-state index in [0.717, 1.165) is 11.1 Å². The average Bonchev–Trinajstić information content (AvgIpc) is 2.73. The molecule has 3 rings (SSSR count). The molecular weight excluding hydrogens is 370 g/mol. The van der Waals surface area contributed by atoms with Crippen LogP contribution < -0.4 is 10.4 Å². The van der Waals surface area contributed by atoms with Crippen LogP contribution in [0, 0.1) is 25.2 Å². The smallest absolute Gasteiger partial charge is 0.349 e. The minimum absolute atomic E-state index is 0.152. The predicted octanol–water partition coefficient (Wildman–Crippen LogP) is 4.07. The minimum atomic E-state index is -0.777. The lowest BCUT2D eigenvalue weighted by atomic mass is 10.0. The standard InChI is InChI=1S/C23H19NO5/c1-14-7-8-20-18(11-21(25)29-22(20)15(14)2)13-28-23(26)17(12-24)9-16-5-4-6-19(10-16)27-3/h4-11H,13H2,1-3H3/b17-9+. The van der Waals surface area contributed by atoms with E-state index in [9.17, 15) is 14.9 Å². The first-order chi connectivity index (χ1) is 13.9. The van der Waals surface area contributed by atoms with Gasteiger partial charge in [-0.3, -0.25) is 0 Å². The molecule has 3 aromatic rings.